The Balaban J connectivity index is 1.49. The molecule has 0 spiro atoms. The van der Waals surface area contributed by atoms with Crippen LogP contribution in [0.3, 0.4) is 0 Å². The molecule has 0 saturated heterocycles. The summed E-state index contributed by atoms with van der Waals surface area (Å²) in [6.07, 6.45) is 4.89. The Kier molecular flexibility index (Phi) is 3.65. The molecule has 3 aromatic rings. The van der Waals surface area contributed by atoms with Gasteiger partial charge in [-0.2, -0.15) is 0 Å². The molecule has 3 heterocycles. The molecule has 23 heavy (non-hydrogen) atoms. The van der Waals surface area contributed by atoms with Crippen LogP contribution in [0.2, 0.25) is 0 Å². The highest BCUT2D eigenvalue weighted by Crippen LogP contribution is 2.35. The first-order chi connectivity index (χ1) is 11.2. The average Bonchev–Trinajstić information content (AvgIpc) is 3.25. The lowest BCUT2D eigenvalue weighted by atomic mass is 9.99. The Bertz CT molecular complexity index is 790. The van der Waals surface area contributed by atoms with Crippen LogP contribution in [0.25, 0.3) is 10.8 Å². The molecule has 1 aliphatic carbocycles. The van der Waals surface area contributed by atoms with Crippen LogP contribution < -0.4 is 5.32 Å². The van der Waals surface area contributed by atoms with Gasteiger partial charge in [-0.3, -0.25) is 0 Å². The van der Waals surface area contributed by atoms with Gasteiger partial charge in [0.25, 0.3) is 5.89 Å². The number of aromatic nitrogens is 3. The van der Waals surface area contributed by atoms with Crippen LogP contribution in [0.4, 0.5) is 6.01 Å². The largest absolute Gasteiger partial charge is 0.403 e. The van der Waals surface area contributed by atoms with E-state index in [0.29, 0.717) is 18.5 Å². The van der Waals surface area contributed by atoms with Crippen molar-refractivity contribution in [2.24, 2.45) is 0 Å². The molecule has 1 N–H and O–H groups in total. The van der Waals surface area contributed by atoms with E-state index in [9.17, 15) is 0 Å². The molecule has 0 amide bonds. The Hall–Kier alpha value is -2.15. The monoisotopic (exact) mass is 330 g/mol. The highest BCUT2D eigenvalue weighted by atomic mass is 32.1. The number of nitrogens with one attached hydrogen (secondary N) is 1. The second-order valence-electron chi connectivity index (χ2n) is 5.83. The van der Waals surface area contributed by atoms with Gasteiger partial charge in [-0.25, -0.2) is 0 Å². The second kappa shape index (κ2) is 5.81. The zero-order valence-corrected chi connectivity index (χ0v) is 14.0. The van der Waals surface area contributed by atoms with Crippen LogP contribution in [0, 0.1) is 13.8 Å². The molecule has 3 aromatic heterocycles. The molecular formula is C16H18N4O2S. The fourth-order valence-corrected chi connectivity index (χ4v) is 4.08. The molecule has 0 saturated carbocycles. The Morgan fingerprint density at radius 2 is 2.09 bits per heavy atom. The molecule has 1 aliphatic rings. The SMILES string of the molecule is Cc1noc(C)c1CNc1nnc(-c2cc3c(s2)CCCC3)o1. The quantitative estimate of drug-likeness (QED) is 0.782. The minimum absolute atomic E-state index is 0.423. The van der Waals surface area contributed by atoms with Crippen LogP contribution in [0.1, 0.15) is 40.3 Å². The number of hydrogen-bond donors (Lipinski definition) is 1. The summed E-state index contributed by atoms with van der Waals surface area (Å²) in [7, 11) is 0. The molecule has 6 nitrogen and oxygen atoms in total. The Morgan fingerprint density at radius 1 is 1.22 bits per heavy atom. The van der Waals surface area contributed by atoms with Gasteiger partial charge in [0.15, 0.2) is 0 Å². The zero-order valence-electron chi connectivity index (χ0n) is 13.2. The maximum absolute atomic E-state index is 5.75. The highest BCUT2D eigenvalue weighted by Gasteiger charge is 2.18. The van der Waals surface area contributed by atoms with Crippen molar-refractivity contribution >= 4 is 17.4 Å². The summed E-state index contributed by atoms with van der Waals surface area (Å²) in [6, 6.07) is 2.62. The van der Waals surface area contributed by atoms with E-state index in [2.05, 4.69) is 26.7 Å². The third-order valence-corrected chi connectivity index (χ3v) is 5.46. The number of fused-ring (bicyclic) bond motifs is 1. The molecule has 0 unspecified atom stereocenters. The standard InChI is InChI=1S/C16H18N4O2S/c1-9-12(10(2)22-20-9)8-17-16-19-18-15(21-16)14-7-11-5-3-4-6-13(11)23-14/h7H,3-6,8H2,1-2H3,(H,17,19). The minimum atomic E-state index is 0.423. The molecule has 4 rings (SSSR count). The van der Waals surface area contributed by atoms with Crippen molar-refractivity contribution < 1.29 is 8.94 Å². The van der Waals surface area contributed by atoms with Gasteiger partial charge in [0.1, 0.15) is 5.76 Å². The van der Waals surface area contributed by atoms with Gasteiger partial charge in [0.2, 0.25) is 0 Å². The number of hydrogen-bond acceptors (Lipinski definition) is 7. The fourth-order valence-electron chi connectivity index (χ4n) is 2.91. The molecule has 0 fully saturated rings. The maximum Gasteiger partial charge on any atom is 0.316 e. The van der Waals surface area contributed by atoms with E-state index in [-0.39, 0.29) is 0 Å². The van der Waals surface area contributed by atoms with Crippen LogP contribution in [-0.2, 0) is 19.4 Å². The van der Waals surface area contributed by atoms with Gasteiger partial charge in [-0.1, -0.05) is 10.3 Å². The van der Waals surface area contributed by atoms with Crippen molar-refractivity contribution in [1.82, 2.24) is 15.4 Å². The van der Waals surface area contributed by atoms with E-state index in [1.165, 1.54) is 29.7 Å². The summed E-state index contributed by atoms with van der Waals surface area (Å²) < 4.78 is 10.9. The average molecular weight is 330 g/mol. The van der Waals surface area contributed by atoms with Gasteiger partial charge in [-0.15, -0.1) is 16.4 Å². The first-order valence-corrected chi connectivity index (χ1v) is 8.63. The summed E-state index contributed by atoms with van der Waals surface area (Å²) in [5.74, 6) is 1.39. The van der Waals surface area contributed by atoms with Crippen molar-refractivity contribution in [2.45, 2.75) is 46.1 Å². The van der Waals surface area contributed by atoms with Crippen molar-refractivity contribution in [1.29, 1.82) is 0 Å². The first-order valence-electron chi connectivity index (χ1n) is 7.82. The maximum atomic E-state index is 5.75. The molecular weight excluding hydrogens is 312 g/mol. The fraction of sp³-hybridized carbons (Fsp3) is 0.438. The summed E-state index contributed by atoms with van der Waals surface area (Å²) in [6.45, 7) is 4.37. The molecule has 0 atom stereocenters. The van der Waals surface area contributed by atoms with Crippen LogP contribution >= 0.6 is 11.3 Å². The Labute approximate surface area is 137 Å². The summed E-state index contributed by atoms with van der Waals surface area (Å²) in [5.41, 5.74) is 3.34. The lowest BCUT2D eigenvalue weighted by Gasteiger charge is -2.08. The van der Waals surface area contributed by atoms with E-state index < -0.39 is 0 Å². The van der Waals surface area contributed by atoms with E-state index in [1.54, 1.807) is 11.3 Å². The third-order valence-electron chi connectivity index (χ3n) is 4.23. The van der Waals surface area contributed by atoms with E-state index in [1.807, 2.05) is 13.8 Å². The number of aryl methyl sites for hydroxylation is 4. The number of anilines is 1. The lowest BCUT2D eigenvalue weighted by Crippen LogP contribution is -2.01. The van der Waals surface area contributed by atoms with E-state index in [4.69, 9.17) is 8.94 Å². The predicted octanol–water partition coefficient (Wildman–Crippen LogP) is 3.89. The summed E-state index contributed by atoms with van der Waals surface area (Å²) >= 11 is 1.77. The predicted molar refractivity (Wildman–Crippen MR) is 87.6 cm³/mol. The molecule has 0 radical (unpaired) electrons. The van der Waals surface area contributed by atoms with E-state index in [0.717, 1.165) is 28.3 Å². The topological polar surface area (TPSA) is 77.0 Å². The summed E-state index contributed by atoms with van der Waals surface area (Å²) in [5, 5.41) is 15.3. The first kappa shape index (κ1) is 14.4. The molecule has 120 valence electrons. The van der Waals surface area contributed by atoms with Crippen LogP contribution in [-0.4, -0.2) is 15.4 Å². The van der Waals surface area contributed by atoms with E-state index >= 15 is 0 Å². The lowest BCUT2D eigenvalue weighted by molar-refractivity contribution is 0.392. The van der Waals surface area contributed by atoms with Crippen LogP contribution in [0.15, 0.2) is 15.0 Å². The van der Waals surface area contributed by atoms with Crippen LogP contribution in [0.5, 0.6) is 0 Å². The van der Waals surface area contributed by atoms with Gasteiger partial charge in [-0.05, 0) is 51.2 Å². The van der Waals surface area contributed by atoms with Gasteiger partial charge in [0, 0.05) is 17.0 Å². The Morgan fingerprint density at radius 3 is 2.87 bits per heavy atom. The van der Waals surface area contributed by atoms with Crippen molar-refractivity contribution in [3.8, 4) is 10.8 Å². The van der Waals surface area contributed by atoms with Gasteiger partial charge in [0.05, 0.1) is 10.6 Å². The molecule has 0 bridgehead atoms. The molecule has 0 aromatic carbocycles. The van der Waals surface area contributed by atoms with Crippen molar-refractivity contribution in [3.63, 3.8) is 0 Å². The van der Waals surface area contributed by atoms with Gasteiger partial charge >= 0.3 is 6.01 Å². The molecule has 0 aliphatic heterocycles. The number of nitrogens with zero attached hydrogens (tertiary/aromatic N) is 3. The van der Waals surface area contributed by atoms with Crippen molar-refractivity contribution in [3.05, 3.63) is 33.5 Å². The second-order valence-corrected chi connectivity index (χ2v) is 6.97. The van der Waals surface area contributed by atoms with Gasteiger partial charge < -0.3 is 14.3 Å². The van der Waals surface area contributed by atoms with Crippen molar-refractivity contribution in [2.75, 3.05) is 5.32 Å². The minimum Gasteiger partial charge on any atom is -0.403 e. The third kappa shape index (κ3) is 2.76. The number of thiophene rings is 1. The number of rotatable bonds is 4. The smallest absolute Gasteiger partial charge is 0.316 e. The zero-order chi connectivity index (χ0) is 15.8. The molecule has 7 heteroatoms. The highest BCUT2D eigenvalue weighted by molar-refractivity contribution is 7.15. The summed E-state index contributed by atoms with van der Waals surface area (Å²) in [4.78, 5) is 2.53. The normalized spacial score (nSPS) is 14.0.